The summed E-state index contributed by atoms with van der Waals surface area (Å²) < 4.78 is 7.24. The fraction of sp³-hybridized carbons (Fsp3) is 0.111. The van der Waals surface area contributed by atoms with Crippen LogP contribution < -0.4 is 4.74 Å². The first kappa shape index (κ1) is 12.8. The van der Waals surface area contributed by atoms with Crippen LogP contribution in [0, 0.1) is 6.92 Å². The van der Waals surface area contributed by atoms with E-state index in [4.69, 9.17) is 9.72 Å². The van der Waals surface area contributed by atoms with Crippen molar-refractivity contribution in [3.05, 3.63) is 60.4 Å². The van der Waals surface area contributed by atoms with Crippen molar-refractivity contribution in [2.45, 2.75) is 6.92 Å². The van der Waals surface area contributed by atoms with E-state index in [-0.39, 0.29) is 0 Å². The Hall–Kier alpha value is -2.88. The molecule has 1 aromatic carbocycles. The van der Waals surface area contributed by atoms with E-state index in [0.717, 1.165) is 39.4 Å². The van der Waals surface area contributed by atoms with Crippen molar-refractivity contribution in [2.24, 2.45) is 0 Å². The number of ether oxygens (including phenoxy) is 1. The number of benzene rings is 1. The molecule has 0 atom stereocenters. The smallest absolute Gasteiger partial charge is 0.146 e. The Labute approximate surface area is 128 Å². The lowest BCUT2D eigenvalue weighted by atomic mass is 10.1. The number of imidazole rings is 1. The van der Waals surface area contributed by atoms with E-state index in [9.17, 15) is 0 Å². The van der Waals surface area contributed by atoms with E-state index in [1.807, 2.05) is 53.9 Å². The van der Waals surface area contributed by atoms with Gasteiger partial charge >= 0.3 is 0 Å². The Bertz CT molecular complexity index is 971. The first-order valence-electron chi connectivity index (χ1n) is 7.14. The molecule has 0 spiro atoms. The number of hydrogen-bond acceptors (Lipinski definition) is 3. The number of aromatic nitrogens is 3. The quantitative estimate of drug-likeness (QED) is 0.562. The molecule has 0 saturated carbocycles. The number of fused-ring (bicyclic) bond motifs is 3. The lowest BCUT2D eigenvalue weighted by molar-refractivity contribution is 0.415. The van der Waals surface area contributed by atoms with E-state index < -0.39 is 0 Å². The van der Waals surface area contributed by atoms with E-state index in [0.29, 0.717) is 0 Å². The third kappa shape index (κ3) is 2.00. The van der Waals surface area contributed by atoms with Gasteiger partial charge in [0.25, 0.3) is 0 Å². The summed E-state index contributed by atoms with van der Waals surface area (Å²) in [5.41, 5.74) is 4.84. The molecule has 3 heterocycles. The maximum absolute atomic E-state index is 5.20. The van der Waals surface area contributed by atoms with Gasteiger partial charge in [-0.25, -0.2) is 9.97 Å². The van der Waals surface area contributed by atoms with Crippen molar-refractivity contribution in [1.29, 1.82) is 0 Å². The zero-order valence-corrected chi connectivity index (χ0v) is 12.4. The average Bonchev–Trinajstić information content (AvgIpc) is 2.95. The minimum absolute atomic E-state index is 0.845. The van der Waals surface area contributed by atoms with Gasteiger partial charge in [0, 0.05) is 17.1 Å². The van der Waals surface area contributed by atoms with Gasteiger partial charge < -0.3 is 4.74 Å². The average molecular weight is 289 g/mol. The highest BCUT2D eigenvalue weighted by atomic mass is 16.5. The van der Waals surface area contributed by atoms with Gasteiger partial charge in [-0.05, 0) is 55.5 Å². The SMILES string of the molecule is COc1ccc(-c2ccc3ccc4nc(C)cn4c3n2)cc1. The molecule has 3 aromatic heterocycles. The molecule has 108 valence electrons. The molecule has 4 nitrogen and oxygen atoms in total. The zero-order chi connectivity index (χ0) is 15.1. The third-order valence-electron chi connectivity index (χ3n) is 3.78. The lowest BCUT2D eigenvalue weighted by Gasteiger charge is -2.06. The fourth-order valence-corrected chi connectivity index (χ4v) is 2.67. The van der Waals surface area contributed by atoms with E-state index in [2.05, 4.69) is 17.1 Å². The number of methoxy groups -OCH3 is 1. The van der Waals surface area contributed by atoms with Crippen LogP contribution >= 0.6 is 0 Å². The van der Waals surface area contributed by atoms with Crippen LogP contribution in [-0.2, 0) is 0 Å². The fourth-order valence-electron chi connectivity index (χ4n) is 2.67. The number of rotatable bonds is 2. The predicted molar refractivity (Wildman–Crippen MR) is 87.2 cm³/mol. The van der Waals surface area contributed by atoms with Crippen molar-refractivity contribution >= 4 is 16.7 Å². The summed E-state index contributed by atoms with van der Waals surface area (Å²) in [6.07, 6.45) is 2.02. The highest BCUT2D eigenvalue weighted by Crippen LogP contribution is 2.24. The standard InChI is InChI=1S/C18H15N3O/c1-12-11-21-17(19-12)10-6-14-5-9-16(20-18(14)21)13-3-7-15(22-2)8-4-13/h3-11H,1-2H3. The maximum atomic E-state index is 5.20. The number of nitrogens with zero attached hydrogens (tertiary/aromatic N) is 3. The Morgan fingerprint density at radius 3 is 2.45 bits per heavy atom. The van der Waals surface area contributed by atoms with Crippen LogP contribution in [0.5, 0.6) is 5.75 Å². The second-order valence-corrected chi connectivity index (χ2v) is 5.28. The summed E-state index contributed by atoms with van der Waals surface area (Å²) in [6.45, 7) is 1.99. The van der Waals surface area contributed by atoms with Crippen molar-refractivity contribution in [2.75, 3.05) is 7.11 Å². The molecular formula is C18H15N3O. The molecule has 4 rings (SSSR count). The van der Waals surface area contributed by atoms with Crippen molar-refractivity contribution in [3.63, 3.8) is 0 Å². The largest absolute Gasteiger partial charge is 0.497 e. The molecule has 4 heteroatoms. The van der Waals surface area contributed by atoms with Crippen molar-refractivity contribution < 1.29 is 4.74 Å². The van der Waals surface area contributed by atoms with Gasteiger partial charge in [-0.3, -0.25) is 4.40 Å². The Morgan fingerprint density at radius 1 is 0.909 bits per heavy atom. The molecule has 0 unspecified atom stereocenters. The van der Waals surface area contributed by atoms with Crippen LogP contribution in [-0.4, -0.2) is 21.5 Å². The van der Waals surface area contributed by atoms with Crippen molar-refractivity contribution in [1.82, 2.24) is 14.4 Å². The van der Waals surface area contributed by atoms with Crippen LogP contribution in [0.3, 0.4) is 0 Å². The highest BCUT2D eigenvalue weighted by molar-refractivity contribution is 5.81. The summed E-state index contributed by atoms with van der Waals surface area (Å²) in [5, 5.41) is 1.10. The molecule has 0 aliphatic rings. The number of hydrogen-bond donors (Lipinski definition) is 0. The van der Waals surface area contributed by atoms with Gasteiger partial charge in [0.1, 0.15) is 17.0 Å². The van der Waals surface area contributed by atoms with Crippen LogP contribution in [0.1, 0.15) is 5.69 Å². The molecule has 0 bridgehead atoms. The van der Waals surface area contributed by atoms with Gasteiger partial charge in [-0.1, -0.05) is 0 Å². The number of pyridine rings is 2. The van der Waals surface area contributed by atoms with Gasteiger partial charge in [0.15, 0.2) is 0 Å². The van der Waals surface area contributed by atoms with Gasteiger partial charge in [0.05, 0.1) is 18.5 Å². The minimum atomic E-state index is 0.845. The molecule has 22 heavy (non-hydrogen) atoms. The summed E-state index contributed by atoms with van der Waals surface area (Å²) in [5.74, 6) is 0.845. The second kappa shape index (κ2) is 4.84. The summed E-state index contributed by atoms with van der Waals surface area (Å²) in [6, 6.07) is 16.1. The Morgan fingerprint density at radius 2 is 1.68 bits per heavy atom. The van der Waals surface area contributed by atoms with Crippen LogP contribution in [0.15, 0.2) is 54.7 Å². The topological polar surface area (TPSA) is 39.4 Å². The molecule has 0 fully saturated rings. The molecule has 0 aliphatic carbocycles. The number of aryl methyl sites for hydroxylation is 1. The third-order valence-corrected chi connectivity index (χ3v) is 3.78. The molecule has 0 amide bonds. The van der Waals surface area contributed by atoms with Gasteiger partial charge in [-0.2, -0.15) is 0 Å². The summed E-state index contributed by atoms with van der Waals surface area (Å²) >= 11 is 0. The normalized spacial score (nSPS) is 11.2. The Balaban J connectivity index is 1.92. The molecular weight excluding hydrogens is 274 g/mol. The first-order chi connectivity index (χ1) is 10.7. The molecule has 0 radical (unpaired) electrons. The lowest BCUT2D eigenvalue weighted by Crippen LogP contribution is -1.92. The molecule has 0 aliphatic heterocycles. The minimum Gasteiger partial charge on any atom is -0.497 e. The second-order valence-electron chi connectivity index (χ2n) is 5.28. The molecule has 0 N–H and O–H groups in total. The predicted octanol–water partition coefficient (Wildman–Crippen LogP) is 3.87. The van der Waals surface area contributed by atoms with Gasteiger partial charge in [-0.15, -0.1) is 0 Å². The first-order valence-corrected chi connectivity index (χ1v) is 7.14. The van der Waals surface area contributed by atoms with Crippen LogP contribution in [0.25, 0.3) is 27.9 Å². The highest BCUT2D eigenvalue weighted by Gasteiger charge is 2.06. The van der Waals surface area contributed by atoms with E-state index in [1.165, 1.54) is 0 Å². The summed E-state index contributed by atoms with van der Waals surface area (Å²) in [4.78, 5) is 9.32. The van der Waals surface area contributed by atoms with E-state index in [1.54, 1.807) is 7.11 Å². The molecule has 4 aromatic rings. The summed E-state index contributed by atoms with van der Waals surface area (Å²) in [7, 11) is 1.67. The molecule has 0 saturated heterocycles. The van der Waals surface area contributed by atoms with Gasteiger partial charge in [0.2, 0.25) is 0 Å². The monoisotopic (exact) mass is 289 g/mol. The van der Waals surface area contributed by atoms with E-state index >= 15 is 0 Å². The maximum Gasteiger partial charge on any atom is 0.146 e. The zero-order valence-electron chi connectivity index (χ0n) is 12.4. The van der Waals surface area contributed by atoms with Crippen LogP contribution in [0.4, 0.5) is 0 Å². The van der Waals surface area contributed by atoms with Crippen LogP contribution in [0.2, 0.25) is 0 Å². The Kier molecular flexibility index (Phi) is 2.82. The van der Waals surface area contributed by atoms with Crippen molar-refractivity contribution in [3.8, 4) is 17.0 Å².